The van der Waals surface area contributed by atoms with Gasteiger partial charge in [-0.2, -0.15) is 0 Å². The number of nitrogens with zero attached hydrogens (tertiary/aromatic N) is 1. The van der Waals surface area contributed by atoms with E-state index in [1.807, 2.05) is 4.98 Å². The molecule has 0 aromatic carbocycles. The normalized spacial score (nSPS) is 10.2. The molecule has 0 aliphatic heterocycles. The molecule has 98 valence electrons. The van der Waals surface area contributed by atoms with E-state index in [1.165, 1.54) is 0 Å². The van der Waals surface area contributed by atoms with Crippen LogP contribution in [0.25, 0.3) is 0 Å². The molecule has 0 unspecified atom stereocenters. The van der Waals surface area contributed by atoms with Gasteiger partial charge in [-0.05, 0) is 35.0 Å². The van der Waals surface area contributed by atoms with Gasteiger partial charge in [0.25, 0.3) is 11.5 Å². The van der Waals surface area contributed by atoms with Crippen LogP contribution in [0.2, 0.25) is 0 Å². The average Bonchev–Trinajstić information content (AvgIpc) is 2.33. The molecule has 0 saturated heterocycles. The number of halogens is 1. The summed E-state index contributed by atoms with van der Waals surface area (Å²) in [5.41, 5.74) is -0.913. The first-order valence-corrected chi connectivity index (χ1v) is 6.03. The van der Waals surface area contributed by atoms with Gasteiger partial charge < -0.3 is 10.3 Å². The Hall–Kier alpha value is -2.22. The number of pyridine rings is 1. The Kier molecular flexibility index (Phi) is 3.61. The van der Waals surface area contributed by atoms with E-state index in [4.69, 9.17) is 0 Å². The highest BCUT2D eigenvalue weighted by molar-refractivity contribution is 9.10. The highest BCUT2D eigenvalue weighted by atomic mass is 79.9. The van der Waals surface area contributed by atoms with Gasteiger partial charge in [-0.15, -0.1) is 0 Å². The molecule has 2 rings (SSSR count). The van der Waals surface area contributed by atoms with Crippen molar-refractivity contribution in [3.05, 3.63) is 54.9 Å². The summed E-state index contributed by atoms with van der Waals surface area (Å²) >= 11 is 3.29. The van der Waals surface area contributed by atoms with Crippen LogP contribution in [0.15, 0.2) is 32.4 Å². The van der Waals surface area contributed by atoms with Crippen LogP contribution in [0.1, 0.15) is 16.1 Å². The molecule has 2 aromatic heterocycles. The van der Waals surface area contributed by atoms with E-state index in [0.717, 1.165) is 10.7 Å². The molecule has 0 radical (unpaired) electrons. The molecular weight excluding hydrogens is 316 g/mol. The summed E-state index contributed by atoms with van der Waals surface area (Å²) < 4.78 is 0.812. The van der Waals surface area contributed by atoms with Crippen molar-refractivity contribution in [1.82, 2.24) is 15.0 Å². The molecule has 0 fully saturated rings. The third kappa shape index (κ3) is 2.97. The zero-order valence-corrected chi connectivity index (χ0v) is 11.4. The molecular formula is C11H9BrN4O3. The van der Waals surface area contributed by atoms with Crippen molar-refractivity contribution in [2.75, 3.05) is 5.32 Å². The second-order valence-corrected chi connectivity index (χ2v) is 4.56. The number of carbonyl (C=O) groups is 1. The highest BCUT2D eigenvalue weighted by Crippen LogP contribution is 2.16. The Morgan fingerprint density at radius 1 is 1.37 bits per heavy atom. The van der Waals surface area contributed by atoms with Crippen LogP contribution in [0, 0.1) is 6.92 Å². The van der Waals surface area contributed by atoms with Crippen LogP contribution in [0.4, 0.5) is 5.82 Å². The number of hydrogen-bond acceptors (Lipinski definition) is 4. The van der Waals surface area contributed by atoms with Crippen molar-refractivity contribution in [1.29, 1.82) is 0 Å². The van der Waals surface area contributed by atoms with Gasteiger partial charge in [0.05, 0.1) is 5.69 Å². The molecule has 7 nitrogen and oxygen atoms in total. The lowest BCUT2D eigenvalue weighted by Crippen LogP contribution is -2.29. The molecule has 0 atom stereocenters. The fraction of sp³-hybridized carbons (Fsp3) is 0.0909. The monoisotopic (exact) mass is 324 g/mol. The van der Waals surface area contributed by atoms with Gasteiger partial charge in [-0.3, -0.25) is 14.6 Å². The molecule has 3 N–H and O–H groups in total. The first-order chi connectivity index (χ1) is 8.97. The van der Waals surface area contributed by atoms with Crippen molar-refractivity contribution in [2.45, 2.75) is 6.92 Å². The fourth-order valence-electron chi connectivity index (χ4n) is 1.38. The van der Waals surface area contributed by atoms with Crippen LogP contribution < -0.4 is 16.6 Å². The molecule has 19 heavy (non-hydrogen) atoms. The Labute approximate surface area is 115 Å². The van der Waals surface area contributed by atoms with E-state index in [0.29, 0.717) is 11.5 Å². The number of nitrogens with one attached hydrogen (secondary N) is 3. The van der Waals surface area contributed by atoms with E-state index in [-0.39, 0.29) is 5.56 Å². The lowest BCUT2D eigenvalue weighted by atomic mass is 10.3. The number of aromatic nitrogens is 3. The Bertz CT molecular complexity index is 750. The second kappa shape index (κ2) is 5.19. The minimum Gasteiger partial charge on any atom is -0.313 e. The zero-order valence-electron chi connectivity index (χ0n) is 9.78. The standard InChI is InChI=1S/C11H9BrN4O3/c1-5-7(12)2-3-8(14-5)15-9(17)6-4-13-11(19)16-10(6)18/h2-4H,1H3,(H,14,15,17)(H2,13,16,18,19). The topological polar surface area (TPSA) is 108 Å². The van der Waals surface area contributed by atoms with E-state index in [1.54, 1.807) is 19.1 Å². The molecule has 1 amide bonds. The van der Waals surface area contributed by atoms with Crippen LogP contribution in [0.5, 0.6) is 0 Å². The molecule has 8 heteroatoms. The van der Waals surface area contributed by atoms with Crippen molar-refractivity contribution in [2.24, 2.45) is 0 Å². The Morgan fingerprint density at radius 2 is 2.11 bits per heavy atom. The van der Waals surface area contributed by atoms with Gasteiger partial charge in [0, 0.05) is 10.7 Å². The molecule has 0 spiro atoms. The summed E-state index contributed by atoms with van der Waals surface area (Å²) in [5.74, 6) is -0.331. The SMILES string of the molecule is Cc1nc(NC(=O)c2c[nH]c(=O)[nH]c2=O)ccc1Br. The Balaban J connectivity index is 2.28. The zero-order chi connectivity index (χ0) is 14.0. The van der Waals surface area contributed by atoms with Crippen molar-refractivity contribution in [3.8, 4) is 0 Å². The molecule has 2 heterocycles. The number of hydrogen-bond donors (Lipinski definition) is 3. The van der Waals surface area contributed by atoms with E-state index in [2.05, 4.69) is 31.2 Å². The summed E-state index contributed by atoms with van der Waals surface area (Å²) in [6.45, 7) is 1.77. The maximum atomic E-state index is 11.8. The average molecular weight is 325 g/mol. The number of H-pyrrole nitrogens is 2. The smallest absolute Gasteiger partial charge is 0.313 e. The predicted octanol–water partition coefficient (Wildman–Crippen LogP) is 0.781. The summed E-state index contributed by atoms with van der Waals surface area (Å²) in [4.78, 5) is 42.4. The summed E-state index contributed by atoms with van der Waals surface area (Å²) in [6.07, 6.45) is 1.06. The van der Waals surface area contributed by atoms with Crippen molar-refractivity contribution >= 4 is 27.7 Å². The minimum atomic E-state index is -0.755. The molecule has 2 aromatic rings. The van der Waals surface area contributed by atoms with Crippen molar-refractivity contribution in [3.63, 3.8) is 0 Å². The second-order valence-electron chi connectivity index (χ2n) is 3.70. The predicted molar refractivity (Wildman–Crippen MR) is 72.3 cm³/mol. The molecule has 0 bridgehead atoms. The lowest BCUT2D eigenvalue weighted by molar-refractivity contribution is 0.102. The first kappa shape index (κ1) is 13.2. The first-order valence-electron chi connectivity index (χ1n) is 5.24. The van der Waals surface area contributed by atoms with Gasteiger partial charge in [0.1, 0.15) is 11.4 Å². The highest BCUT2D eigenvalue weighted by Gasteiger charge is 2.12. The molecule has 0 saturated carbocycles. The van der Waals surface area contributed by atoms with Crippen LogP contribution in [0.3, 0.4) is 0 Å². The summed E-state index contributed by atoms with van der Waals surface area (Å²) in [7, 11) is 0. The van der Waals surface area contributed by atoms with Crippen LogP contribution >= 0.6 is 15.9 Å². The largest absolute Gasteiger partial charge is 0.325 e. The lowest BCUT2D eigenvalue weighted by Gasteiger charge is -2.05. The maximum Gasteiger partial charge on any atom is 0.325 e. The maximum absolute atomic E-state index is 11.8. The number of carbonyl (C=O) groups excluding carboxylic acids is 1. The molecule has 0 aliphatic carbocycles. The van der Waals surface area contributed by atoms with E-state index < -0.39 is 17.2 Å². The minimum absolute atomic E-state index is 0.193. The fourth-order valence-corrected chi connectivity index (χ4v) is 1.60. The van der Waals surface area contributed by atoms with Gasteiger partial charge >= 0.3 is 5.69 Å². The number of aryl methyl sites for hydroxylation is 1. The third-order valence-corrected chi connectivity index (χ3v) is 3.16. The van der Waals surface area contributed by atoms with Gasteiger partial charge in [0.15, 0.2) is 0 Å². The van der Waals surface area contributed by atoms with E-state index >= 15 is 0 Å². The van der Waals surface area contributed by atoms with Crippen molar-refractivity contribution < 1.29 is 4.79 Å². The number of amides is 1. The third-order valence-electron chi connectivity index (χ3n) is 2.33. The Morgan fingerprint density at radius 3 is 2.74 bits per heavy atom. The van der Waals surface area contributed by atoms with E-state index in [9.17, 15) is 14.4 Å². The number of rotatable bonds is 2. The van der Waals surface area contributed by atoms with Crippen LogP contribution in [-0.2, 0) is 0 Å². The van der Waals surface area contributed by atoms with Gasteiger partial charge in [0.2, 0.25) is 0 Å². The summed E-state index contributed by atoms with van der Waals surface area (Å²) in [5, 5.41) is 2.47. The number of aromatic amines is 2. The van der Waals surface area contributed by atoms with Gasteiger partial charge in [-0.1, -0.05) is 0 Å². The number of anilines is 1. The quantitative estimate of drug-likeness (QED) is 0.758. The van der Waals surface area contributed by atoms with Crippen LogP contribution in [-0.4, -0.2) is 20.9 Å². The summed E-state index contributed by atoms with van der Waals surface area (Å²) in [6, 6.07) is 3.32. The van der Waals surface area contributed by atoms with Gasteiger partial charge in [-0.25, -0.2) is 9.78 Å². The molecule has 0 aliphatic rings.